The summed E-state index contributed by atoms with van der Waals surface area (Å²) < 4.78 is 4.81. The molecule has 0 saturated heterocycles. The Labute approximate surface area is 65.0 Å². The highest BCUT2D eigenvalue weighted by molar-refractivity contribution is 5.97. The Bertz CT molecular complexity index is 271. The van der Waals surface area contributed by atoms with Gasteiger partial charge in [-0.25, -0.2) is 4.98 Å². The average Bonchev–Trinajstić information content (AvgIpc) is 2.05. The van der Waals surface area contributed by atoms with Crippen LogP contribution in [0.1, 0.15) is 10.5 Å². The quantitative estimate of drug-likeness (QED) is 0.593. The van der Waals surface area contributed by atoms with Crippen LogP contribution in [0.5, 0.6) is 5.88 Å². The molecule has 1 aromatic heterocycles. The number of rotatable bonds is 2. The summed E-state index contributed by atoms with van der Waals surface area (Å²) in [4.78, 5) is 14.5. The van der Waals surface area contributed by atoms with Crippen molar-refractivity contribution >= 4 is 5.78 Å². The number of methoxy groups -OCH3 is 1. The summed E-state index contributed by atoms with van der Waals surface area (Å²) in [5.74, 6) is 0.128. The molecule has 0 fully saturated rings. The molecule has 3 nitrogen and oxygen atoms in total. The zero-order valence-electron chi connectivity index (χ0n) is 6.20. The number of Topliss-reactive ketones (excluding diaryl/α,β-unsaturated/α-hetero) is 1. The summed E-state index contributed by atoms with van der Waals surface area (Å²) >= 11 is 0. The second-order valence-corrected chi connectivity index (χ2v) is 1.99. The van der Waals surface area contributed by atoms with Gasteiger partial charge in [-0.2, -0.15) is 0 Å². The summed E-state index contributed by atoms with van der Waals surface area (Å²) in [6, 6.07) is 4.97. The molecule has 1 aromatic rings. The molecule has 1 rings (SSSR count). The number of pyridine rings is 1. The maximum Gasteiger partial charge on any atom is 0.213 e. The fraction of sp³-hybridized carbons (Fsp3) is 0.125. The molecule has 1 radical (unpaired) electrons. The standard InChI is InChI=1S/C8H8NO2/c1-6(10)7-4-3-5-8(9-7)11-2/h3-5H,1H2,2H3. The lowest BCUT2D eigenvalue weighted by Crippen LogP contribution is -1.97. The number of aromatic nitrogens is 1. The Balaban J connectivity index is 3.01. The van der Waals surface area contributed by atoms with Crippen molar-refractivity contribution in [2.75, 3.05) is 7.11 Å². The number of ketones is 1. The molecule has 3 heteroatoms. The van der Waals surface area contributed by atoms with Crippen LogP contribution in [-0.2, 0) is 0 Å². The van der Waals surface area contributed by atoms with Gasteiger partial charge in [0, 0.05) is 13.0 Å². The fourth-order valence-corrected chi connectivity index (χ4v) is 0.684. The van der Waals surface area contributed by atoms with Gasteiger partial charge >= 0.3 is 0 Å². The third-order valence-corrected chi connectivity index (χ3v) is 1.22. The lowest BCUT2D eigenvalue weighted by Gasteiger charge is -1.98. The first-order valence-electron chi connectivity index (χ1n) is 3.11. The molecule has 1 heterocycles. The summed E-state index contributed by atoms with van der Waals surface area (Å²) in [5.41, 5.74) is 0.323. The molecule has 0 aliphatic rings. The molecular weight excluding hydrogens is 142 g/mol. The molecule has 11 heavy (non-hydrogen) atoms. The molecule has 0 amide bonds. The van der Waals surface area contributed by atoms with E-state index in [1.807, 2.05) is 0 Å². The molecule has 57 valence electrons. The minimum atomic E-state index is -0.302. The number of hydrogen-bond donors (Lipinski definition) is 0. The molecule has 0 N–H and O–H groups in total. The molecule has 0 aromatic carbocycles. The number of hydrogen-bond acceptors (Lipinski definition) is 3. The third-order valence-electron chi connectivity index (χ3n) is 1.22. The van der Waals surface area contributed by atoms with Gasteiger partial charge < -0.3 is 4.74 Å². The maximum atomic E-state index is 10.7. The van der Waals surface area contributed by atoms with Crippen molar-refractivity contribution < 1.29 is 9.53 Å². The van der Waals surface area contributed by atoms with Crippen LogP contribution in [0.4, 0.5) is 0 Å². The summed E-state index contributed by atoms with van der Waals surface area (Å²) in [5, 5.41) is 0. The van der Waals surface area contributed by atoms with Gasteiger partial charge in [-0.3, -0.25) is 4.79 Å². The second kappa shape index (κ2) is 3.14. The van der Waals surface area contributed by atoms with Gasteiger partial charge in [0.2, 0.25) is 5.88 Å². The third kappa shape index (κ3) is 1.77. The highest BCUT2D eigenvalue weighted by Crippen LogP contribution is 2.06. The summed E-state index contributed by atoms with van der Waals surface area (Å²) in [6.45, 7) is 3.23. The van der Waals surface area contributed by atoms with Gasteiger partial charge in [-0.1, -0.05) is 6.07 Å². The zero-order chi connectivity index (χ0) is 8.27. The Kier molecular flexibility index (Phi) is 2.21. The highest BCUT2D eigenvalue weighted by Gasteiger charge is 2.00. The van der Waals surface area contributed by atoms with Gasteiger partial charge in [0.1, 0.15) is 5.69 Å². The van der Waals surface area contributed by atoms with Crippen molar-refractivity contribution in [2.45, 2.75) is 0 Å². The number of ether oxygens (including phenoxy) is 1. The van der Waals surface area contributed by atoms with E-state index < -0.39 is 0 Å². The van der Waals surface area contributed by atoms with E-state index in [0.29, 0.717) is 11.6 Å². The van der Waals surface area contributed by atoms with Crippen LogP contribution in [0.3, 0.4) is 0 Å². The normalized spacial score (nSPS) is 9.27. The van der Waals surface area contributed by atoms with E-state index in [1.165, 1.54) is 7.11 Å². The van der Waals surface area contributed by atoms with Gasteiger partial charge in [0.15, 0.2) is 5.78 Å². The zero-order valence-corrected chi connectivity index (χ0v) is 6.20. The Morgan fingerprint density at radius 1 is 1.64 bits per heavy atom. The van der Waals surface area contributed by atoms with Crippen molar-refractivity contribution in [3.63, 3.8) is 0 Å². The van der Waals surface area contributed by atoms with Crippen LogP contribution < -0.4 is 4.74 Å². The molecular formula is C8H8NO2. The molecule has 0 aliphatic heterocycles. The van der Waals surface area contributed by atoms with E-state index in [4.69, 9.17) is 4.74 Å². The Morgan fingerprint density at radius 2 is 2.36 bits per heavy atom. The molecule has 0 bridgehead atoms. The Morgan fingerprint density at radius 3 is 2.91 bits per heavy atom. The average molecular weight is 150 g/mol. The lowest BCUT2D eigenvalue weighted by atomic mass is 10.3. The van der Waals surface area contributed by atoms with Crippen LogP contribution in [0.25, 0.3) is 0 Å². The predicted octanol–water partition coefficient (Wildman–Crippen LogP) is 1.11. The first-order chi connectivity index (χ1) is 5.24. The smallest absolute Gasteiger partial charge is 0.213 e. The number of carbonyl (C=O) groups is 1. The van der Waals surface area contributed by atoms with Crippen molar-refractivity contribution in [3.05, 3.63) is 30.8 Å². The van der Waals surface area contributed by atoms with E-state index in [1.54, 1.807) is 18.2 Å². The minimum absolute atomic E-state index is 0.302. The first kappa shape index (κ1) is 7.72. The molecule has 0 saturated carbocycles. The van der Waals surface area contributed by atoms with Crippen molar-refractivity contribution in [2.24, 2.45) is 0 Å². The van der Waals surface area contributed by atoms with Gasteiger partial charge in [-0.15, -0.1) is 0 Å². The van der Waals surface area contributed by atoms with Crippen molar-refractivity contribution in [1.29, 1.82) is 0 Å². The highest BCUT2D eigenvalue weighted by atomic mass is 16.5. The second-order valence-electron chi connectivity index (χ2n) is 1.99. The predicted molar refractivity (Wildman–Crippen MR) is 40.5 cm³/mol. The van der Waals surface area contributed by atoms with Gasteiger partial charge in [0.05, 0.1) is 7.11 Å². The number of nitrogens with zero attached hydrogens (tertiary/aromatic N) is 1. The topological polar surface area (TPSA) is 39.2 Å². The fourth-order valence-electron chi connectivity index (χ4n) is 0.684. The number of carbonyl (C=O) groups excluding carboxylic acids is 1. The van der Waals surface area contributed by atoms with Gasteiger partial charge in [-0.05, 0) is 6.07 Å². The van der Waals surface area contributed by atoms with E-state index in [0.717, 1.165) is 0 Å². The van der Waals surface area contributed by atoms with Crippen molar-refractivity contribution in [1.82, 2.24) is 4.98 Å². The lowest BCUT2D eigenvalue weighted by molar-refractivity contribution is 0.103. The van der Waals surface area contributed by atoms with Crippen molar-refractivity contribution in [3.8, 4) is 5.88 Å². The van der Waals surface area contributed by atoms with Crippen LogP contribution >= 0.6 is 0 Å². The molecule has 0 spiro atoms. The van der Waals surface area contributed by atoms with Crippen LogP contribution in [0, 0.1) is 6.92 Å². The molecule has 0 unspecified atom stereocenters. The van der Waals surface area contributed by atoms with E-state index in [-0.39, 0.29) is 5.78 Å². The summed E-state index contributed by atoms with van der Waals surface area (Å²) in [6.07, 6.45) is 0. The molecule has 0 aliphatic carbocycles. The Hall–Kier alpha value is -1.38. The SMILES string of the molecule is [CH2]C(=O)c1cccc(OC)n1. The van der Waals surface area contributed by atoms with E-state index >= 15 is 0 Å². The summed E-state index contributed by atoms with van der Waals surface area (Å²) in [7, 11) is 1.50. The van der Waals surface area contributed by atoms with Crippen LogP contribution in [-0.4, -0.2) is 17.9 Å². The maximum absolute atomic E-state index is 10.7. The van der Waals surface area contributed by atoms with E-state index in [9.17, 15) is 4.79 Å². The van der Waals surface area contributed by atoms with Gasteiger partial charge in [0.25, 0.3) is 0 Å². The largest absolute Gasteiger partial charge is 0.481 e. The van der Waals surface area contributed by atoms with Crippen LogP contribution in [0.2, 0.25) is 0 Å². The van der Waals surface area contributed by atoms with E-state index in [2.05, 4.69) is 11.9 Å². The first-order valence-corrected chi connectivity index (χ1v) is 3.11. The monoisotopic (exact) mass is 150 g/mol. The van der Waals surface area contributed by atoms with Crippen LogP contribution in [0.15, 0.2) is 18.2 Å². The molecule has 0 atom stereocenters. The minimum Gasteiger partial charge on any atom is -0.481 e.